The van der Waals surface area contributed by atoms with Crippen LogP contribution in [0.25, 0.3) is 0 Å². The van der Waals surface area contributed by atoms with Crippen molar-refractivity contribution < 1.29 is 20.4 Å². The van der Waals surface area contributed by atoms with Gasteiger partial charge in [-0.1, -0.05) is 0 Å². The average Bonchev–Trinajstić information content (AvgIpc) is 2.09. The summed E-state index contributed by atoms with van der Waals surface area (Å²) < 4.78 is 0. The van der Waals surface area contributed by atoms with E-state index in [2.05, 4.69) is 0 Å². The third-order valence-corrected chi connectivity index (χ3v) is 1.72. The Labute approximate surface area is 74.7 Å². The molecule has 0 saturated heterocycles. The number of benzene rings is 1. The summed E-state index contributed by atoms with van der Waals surface area (Å²) in [5.41, 5.74) is 5.27. The minimum Gasteiger partial charge on any atom is -0.504 e. The highest BCUT2D eigenvalue weighted by atomic mass is 16.3. The molecule has 13 heavy (non-hydrogen) atoms. The zero-order valence-corrected chi connectivity index (χ0v) is 6.86. The Hall–Kier alpha value is -1.62. The van der Waals surface area contributed by atoms with Gasteiger partial charge < -0.3 is 26.2 Å². The third-order valence-electron chi connectivity index (χ3n) is 1.72. The molecule has 0 saturated carbocycles. The van der Waals surface area contributed by atoms with Crippen molar-refractivity contribution in [3.8, 4) is 23.0 Å². The Morgan fingerprint density at radius 1 is 1.00 bits per heavy atom. The summed E-state index contributed by atoms with van der Waals surface area (Å²) in [5, 5.41) is 36.7. The summed E-state index contributed by atoms with van der Waals surface area (Å²) >= 11 is 0. The molecule has 0 heterocycles. The average molecular weight is 185 g/mol. The molecule has 72 valence electrons. The number of nitrogens with two attached hydrogens (primary N) is 1. The van der Waals surface area contributed by atoms with Crippen molar-refractivity contribution in [2.24, 2.45) is 5.73 Å². The van der Waals surface area contributed by atoms with E-state index in [-0.39, 0.29) is 18.5 Å². The van der Waals surface area contributed by atoms with Gasteiger partial charge in [-0.2, -0.15) is 0 Å². The van der Waals surface area contributed by atoms with Crippen LogP contribution in [-0.2, 0) is 6.42 Å². The normalized spacial score (nSPS) is 10.2. The number of phenols is 4. The van der Waals surface area contributed by atoms with Crippen molar-refractivity contribution in [1.82, 2.24) is 0 Å². The molecule has 0 bridgehead atoms. The second-order valence-electron chi connectivity index (χ2n) is 2.63. The van der Waals surface area contributed by atoms with Gasteiger partial charge in [-0.05, 0) is 13.0 Å². The van der Waals surface area contributed by atoms with E-state index >= 15 is 0 Å². The minimum absolute atomic E-state index is 0.0556. The summed E-state index contributed by atoms with van der Waals surface area (Å²) in [6.07, 6.45) is 0.180. The van der Waals surface area contributed by atoms with Crippen LogP contribution in [0.5, 0.6) is 23.0 Å². The highest BCUT2D eigenvalue weighted by Gasteiger charge is 2.15. The first-order chi connectivity index (χ1) is 6.07. The highest BCUT2D eigenvalue weighted by molar-refractivity contribution is 5.58. The van der Waals surface area contributed by atoms with Crippen molar-refractivity contribution in [1.29, 1.82) is 0 Å². The lowest BCUT2D eigenvalue weighted by molar-refractivity contribution is 0.365. The van der Waals surface area contributed by atoms with Gasteiger partial charge in [0.05, 0.1) is 0 Å². The zero-order valence-electron chi connectivity index (χ0n) is 6.86. The van der Waals surface area contributed by atoms with Crippen LogP contribution >= 0.6 is 0 Å². The van der Waals surface area contributed by atoms with Gasteiger partial charge in [0.15, 0.2) is 23.0 Å². The van der Waals surface area contributed by atoms with E-state index in [1.54, 1.807) is 0 Å². The Bertz CT molecular complexity index is 298. The molecule has 5 nitrogen and oxygen atoms in total. The molecule has 1 rings (SSSR count). The SMILES string of the molecule is NCCc1c(O)c(O)cc(O)c1O. The molecule has 0 atom stereocenters. The van der Waals surface area contributed by atoms with E-state index in [1.165, 1.54) is 0 Å². The van der Waals surface area contributed by atoms with Crippen LogP contribution < -0.4 is 5.73 Å². The van der Waals surface area contributed by atoms with Gasteiger partial charge in [-0.25, -0.2) is 0 Å². The predicted octanol–water partition coefficient (Wildman–Crippen LogP) is 0.0102. The molecule has 0 unspecified atom stereocenters. The van der Waals surface area contributed by atoms with E-state index in [0.717, 1.165) is 6.07 Å². The Morgan fingerprint density at radius 3 is 1.85 bits per heavy atom. The first kappa shape index (κ1) is 9.47. The molecule has 1 aromatic rings. The van der Waals surface area contributed by atoms with Crippen molar-refractivity contribution in [2.75, 3.05) is 6.54 Å². The molecule has 0 spiro atoms. The summed E-state index contributed by atoms with van der Waals surface area (Å²) in [6.45, 7) is 0.198. The maximum absolute atomic E-state index is 9.26. The highest BCUT2D eigenvalue weighted by Crippen LogP contribution is 2.41. The monoisotopic (exact) mass is 185 g/mol. The fraction of sp³-hybridized carbons (Fsp3) is 0.250. The molecule has 0 amide bonds. The number of hydrogen-bond donors (Lipinski definition) is 5. The topological polar surface area (TPSA) is 107 Å². The van der Waals surface area contributed by atoms with Gasteiger partial charge in [0.1, 0.15) is 0 Å². The van der Waals surface area contributed by atoms with Crippen LogP contribution in [0.1, 0.15) is 5.56 Å². The molecule has 6 N–H and O–H groups in total. The second-order valence-corrected chi connectivity index (χ2v) is 2.63. The van der Waals surface area contributed by atoms with Gasteiger partial charge in [-0.15, -0.1) is 0 Å². The predicted molar refractivity (Wildman–Crippen MR) is 45.9 cm³/mol. The molecule has 0 aliphatic carbocycles. The maximum Gasteiger partial charge on any atom is 0.164 e. The molecule has 0 radical (unpaired) electrons. The Morgan fingerprint density at radius 2 is 1.46 bits per heavy atom. The molecular formula is C8H11NO4. The Balaban J connectivity index is 3.28. The van der Waals surface area contributed by atoms with Crippen LogP contribution in [0.4, 0.5) is 0 Å². The minimum atomic E-state index is -0.473. The van der Waals surface area contributed by atoms with Crippen molar-refractivity contribution >= 4 is 0 Å². The van der Waals surface area contributed by atoms with Crippen LogP contribution in [0.2, 0.25) is 0 Å². The number of rotatable bonds is 2. The third kappa shape index (κ3) is 1.59. The number of phenolic OH excluding ortho intramolecular Hbond substituents is 4. The van der Waals surface area contributed by atoms with Gasteiger partial charge in [0, 0.05) is 11.6 Å². The molecular weight excluding hydrogens is 174 g/mol. The van der Waals surface area contributed by atoms with Gasteiger partial charge in [0.2, 0.25) is 0 Å². The summed E-state index contributed by atoms with van der Waals surface area (Å²) in [4.78, 5) is 0. The molecule has 5 heteroatoms. The second kappa shape index (κ2) is 3.40. The van der Waals surface area contributed by atoms with Crippen LogP contribution in [0, 0.1) is 0 Å². The molecule has 0 fully saturated rings. The van der Waals surface area contributed by atoms with E-state index in [0.29, 0.717) is 0 Å². The number of aromatic hydroxyl groups is 4. The first-order valence-electron chi connectivity index (χ1n) is 3.73. The first-order valence-corrected chi connectivity index (χ1v) is 3.73. The van der Waals surface area contributed by atoms with E-state index in [4.69, 9.17) is 15.9 Å². The van der Waals surface area contributed by atoms with Gasteiger partial charge in [0.25, 0.3) is 0 Å². The lowest BCUT2D eigenvalue weighted by Gasteiger charge is -2.08. The smallest absolute Gasteiger partial charge is 0.164 e. The fourth-order valence-corrected chi connectivity index (χ4v) is 1.07. The number of hydrogen-bond acceptors (Lipinski definition) is 5. The lowest BCUT2D eigenvalue weighted by atomic mass is 10.1. The van der Waals surface area contributed by atoms with E-state index in [1.807, 2.05) is 0 Å². The fourth-order valence-electron chi connectivity index (χ4n) is 1.07. The van der Waals surface area contributed by atoms with Crippen LogP contribution in [0.3, 0.4) is 0 Å². The van der Waals surface area contributed by atoms with Gasteiger partial charge in [-0.3, -0.25) is 0 Å². The quantitative estimate of drug-likeness (QED) is 0.329. The molecule has 0 aliphatic rings. The molecule has 0 aromatic heterocycles. The maximum atomic E-state index is 9.26. The van der Waals surface area contributed by atoms with Gasteiger partial charge >= 0.3 is 0 Å². The molecule has 1 aromatic carbocycles. The largest absolute Gasteiger partial charge is 0.504 e. The summed E-state index contributed by atoms with van der Waals surface area (Å²) in [6, 6.07) is 0.866. The van der Waals surface area contributed by atoms with Crippen molar-refractivity contribution in [3.63, 3.8) is 0 Å². The standard InChI is InChI=1S/C8H11NO4/c9-2-1-4-7(12)5(10)3-6(11)8(4)13/h3,10-13H,1-2,9H2. The van der Waals surface area contributed by atoms with Crippen LogP contribution in [-0.4, -0.2) is 27.0 Å². The van der Waals surface area contributed by atoms with Crippen molar-refractivity contribution in [3.05, 3.63) is 11.6 Å². The molecule has 0 aliphatic heterocycles. The van der Waals surface area contributed by atoms with Crippen molar-refractivity contribution in [2.45, 2.75) is 6.42 Å². The van der Waals surface area contributed by atoms with E-state index in [9.17, 15) is 10.2 Å². The summed E-state index contributed by atoms with van der Waals surface area (Å²) in [7, 11) is 0. The zero-order chi connectivity index (χ0) is 10.0. The summed E-state index contributed by atoms with van der Waals surface area (Å²) in [5.74, 6) is -1.83. The Kier molecular flexibility index (Phi) is 2.48. The van der Waals surface area contributed by atoms with Crippen LogP contribution in [0.15, 0.2) is 6.07 Å². The van der Waals surface area contributed by atoms with E-state index < -0.39 is 23.0 Å². The lowest BCUT2D eigenvalue weighted by Crippen LogP contribution is -2.03.